The van der Waals surface area contributed by atoms with Gasteiger partial charge in [0.05, 0.1) is 26.4 Å². The second kappa shape index (κ2) is 12.8. The van der Waals surface area contributed by atoms with Gasteiger partial charge in [-0.1, -0.05) is 0 Å². The molecule has 8 fully saturated rings. The molecule has 4 saturated heterocycles. The first-order chi connectivity index (χ1) is 22.5. The zero-order valence-corrected chi connectivity index (χ0v) is 27.1. The van der Waals surface area contributed by atoms with E-state index in [-0.39, 0.29) is 26.4 Å². The normalized spacial score (nSPS) is 32.8. The molecule has 0 spiro atoms. The van der Waals surface area contributed by atoms with E-state index in [0.717, 1.165) is 59.4 Å². The number of aromatic nitrogens is 4. The summed E-state index contributed by atoms with van der Waals surface area (Å²) in [6, 6.07) is 0.785. The summed E-state index contributed by atoms with van der Waals surface area (Å²) >= 11 is 0. The lowest BCUT2D eigenvalue weighted by Gasteiger charge is -2.40. The molecule has 0 aromatic carbocycles. The second-order valence-corrected chi connectivity index (χ2v) is 15.4. The summed E-state index contributed by atoms with van der Waals surface area (Å²) in [5.74, 6) is 7.03. The van der Waals surface area contributed by atoms with E-state index in [2.05, 4.69) is 9.80 Å². The highest BCUT2D eigenvalue weighted by Gasteiger charge is 2.46. The minimum atomic E-state index is -0.0628. The number of aliphatic hydroxyl groups excluding tert-OH is 4. The van der Waals surface area contributed by atoms with E-state index in [9.17, 15) is 20.4 Å². The summed E-state index contributed by atoms with van der Waals surface area (Å²) in [5, 5.41) is 40.0. The van der Waals surface area contributed by atoms with Gasteiger partial charge in [0.25, 0.3) is 0 Å². The van der Waals surface area contributed by atoms with E-state index in [4.69, 9.17) is 19.9 Å². The highest BCUT2D eigenvalue weighted by atomic mass is 16.3. The number of anilines is 4. The molecular weight excluding hydrogens is 584 g/mol. The monoisotopic (exact) mass is 636 g/mol. The van der Waals surface area contributed by atoms with Crippen LogP contribution >= 0.6 is 0 Å². The molecule has 8 atom stereocenters. The Kier molecular flexibility index (Phi) is 8.57. The Labute approximate surface area is 271 Å². The molecule has 252 valence electrons. The number of aliphatic hydroxyl groups is 4. The van der Waals surface area contributed by atoms with Crippen molar-refractivity contribution < 1.29 is 20.4 Å². The summed E-state index contributed by atoms with van der Waals surface area (Å²) in [6.45, 7) is 2.96. The molecule has 4 aliphatic carbocycles. The third-order valence-electron chi connectivity index (χ3n) is 12.3. The number of fused-ring (bicyclic) bond motifs is 3. The average Bonchev–Trinajstić information content (AvgIpc) is 3.37. The van der Waals surface area contributed by atoms with Crippen molar-refractivity contribution in [2.75, 3.05) is 85.3 Å². The standard InChI is InChI=1S/C34H52N8O4/c43-5-1-39(2-6-44)33-35-29-30(31(37-33)41-19-25-11-21-9-22(12-25)16-27(41)15-21)36-34(40(3-7-45)4-8-46)38-32(29)42-20-26-13-23-10-24(14-26)18-28(42)17-23/h21-28,43-46H,1-20H2/t21-,22+,23-,24+,25?,26?,27?,28?. The van der Waals surface area contributed by atoms with Crippen molar-refractivity contribution in [1.82, 2.24) is 19.9 Å². The molecule has 4 unspecified atom stereocenters. The molecule has 4 aliphatic heterocycles. The lowest BCUT2D eigenvalue weighted by atomic mass is 9.68. The summed E-state index contributed by atoms with van der Waals surface area (Å²) in [6.07, 6.45) is 12.5. The Morgan fingerprint density at radius 1 is 0.457 bits per heavy atom. The zero-order chi connectivity index (χ0) is 31.4. The van der Waals surface area contributed by atoms with Gasteiger partial charge in [-0.25, -0.2) is 9.97 Å². The van der Waals surface area contributed by atoms with Crippen LogP contribution in [0.15, 0.2) is 0 Å². The van der Waals surface area contributed by atoms with Crippen molar-refractivity contribution in [2.45, 2.75) is 76.3 Å². The molecule has 12 heteroatoms. The van der Waals surface area contributed by atoms with Gasteiger partial charge in [-0.15, -0.1) is 0 Å². The van der Waals surface area contributed by atoms with Gasteiger partial charge in [-0.05, 0) is 99.7 Å². The molecule has 4 N–H and O–H groups in total. The van der Waals surface area contributed by atoms with Gasteiger partial charge in [0.15, 0.2) is 11.6 Å². The van der Waals surface area contributed by atoms with Crippen LogP contribution in [0.3, 0.4) is 0 Å². The SMILES string of the molecule is OCCN(CCO)c1nc(N2CC3C[C@@H]4CC2C[C@H](C3)C4)c2nc(N(CCO)CCO)nc(N3CC4C[C@@H]5CC3C[C@H](C4)C5)c2n1. The minimum Gasteiger partial charge on any atom is -0.395 e. The molecule has 2 aromatic heterocycles. The number of nitrogens with zero attached hydrogens (tertiary/aromatic N) is 8. The fraction of sp³-hybridized carbons (Fsp3) is 0.824. The topological polar surface area (TPSA) is 145 Å². The van der Waals surface area contributed by atoms with Crippen molar-refractivity contribution in [1.29, 1.82) is 0 Å². The first kappa shape index (κ1) is 30.8. The van der Waals surface area contributed by atoms with Crippen LogP contribution < -0.4 is 19.6 Å². The number of hydrogen-bond donors (Lipinski definition) is 4. The maximum atomic E-state index is 10.0. The second-order valence-electron chi connectivity index (χ2n) is 15.4. The van der Waals surface area contributed by atoms with E-state index in [0.29, 0.717) is 62.0 Å². The highest BCUT2D eigenvalue weighted by molar-refractivity contribution is 5.95. The van der Waals surface area contributed by atoms with Crippen LogP contribution in [-0.2, 0) is 0 Å². The van der Waals surface area contributed by atoms with Crippen molar-refractivity contribution in [2.24, 2.45) is 35.5 Å². The highest BCUT2D eigenvalue weighted by Crippen LogP contribution is 2.51. The molecule has 4 saturated carbocycles. The van der Waals surface area contributed by atoms with Crippen LogP contribution in [0.4, 0.5) is 23.5 Å². The smallest absolute Gasteiger partial charge is 0.228 e. The van der Waals surface area contributed by atoms with Gasteiger partial charge in [0.1, 0.15) is 11.0 Å². The van der Waals surface area contributed by atoms with E-state index < -0.39 is 0 Å². The van der Waals surface area contributed by atoms with E-state index >= 15 is 0 Å². The lowest BCUT2D eigenvalue weighted by molar-refractivity contribution is 0.157. The molecule has 0 radical (unpaired) electrons. The summed E-state index contributed by atoms with van der Waals surface area (Å²) < 4.78 is 0. The van der Waals surface area contributed by atoms with Crippen LogP contribution in [0, 0.1) is 35.5 Å². The molecule has 12 nitrogen and oxygen atoms in total. The first-order valence-corrected chi connectivity index (χ1v) is 18.1. The van der Waals surface area contributed by atoms with Crippen LogP contribution in [0.1, 0.15) is 64.2 Å². The average molecular weight is 637 g/mol. The minimum absolute atomic E-state index is 0.0628. The van der Waals surface area contributed by atoms with Crippen molar-refractivity contribution in [3.8, 4) is 0 Å². The van der Waals surface area contributed by atoms with Crippen LogP contribution in [-0.4, -0.2) is 118 Å². The van der Waals surface area contributed by atoms with Gasteiger partial charge in [-0.2, -0.15) is 9.97 Å². The quantitative estimate of drug-likeness (QED) is 0.271. The Bertz CT molecular complexity index is 1260. The molecule has 2 aromatic rings. The predicted octanol–water partition coefficient (Wildman–Crippen LogP) is 2.03. The number of rotatable bonds is 12. The van der Waals surface area contributed by atoms with Gasteiger partial charge in [0.2, 0.25) is 11.9 Å². The van der Waals surface area contributed by atoms with Crippen LogP contribution in [0.5, 0.6) is 0 Å². The van der Waals surface area contributed by atoms with Gasteiger partial charge >= 0.3 is 0 Å². The molecule has 46 heavy (non-hydrogen) atoms. The van der Waals surface area contributed by atoms with Gasteiger partial charge in [0, 0.05) is 51.4 Å². The largest absolute Gasteiger partial charge is 0.395 e. The summed E-state index contributed by atoms with van der Waals surface area (Å²) in [7, 11) is 0. The van der Waals surface area contributed by atoms with E-state index in [1.165, 1.54) is 64.2 Å². The fourth-order valence-corrected chi connectivity index (χ4v) is 10.8. The summed E-state index contributed by atoms with van der Waals surface area (Å²) in [4.78, 5) is 29.9. The lowest BCUT2D eigenvalue weighted by Crippen LogP contribution is -2.41. The first-order valence-electron chi connectivity index (χ1n) is 18.1. The van der Waals surface area contributed by atoms with Crippen LogP contribution in [0.25, 0.3) is 11.0 Å². The van der Waals surface area contributed by atoms with E-state index in [1.54, 1.807) is 0 Å². The van der Waals surface area contributed by atoms with Crippen molar-refractivity contribution >= 4 is 34.6 Å². The maximum absolute atomic E-state index is 10.0. The van der Waals surface area contributed by atoms with E-state index in [1.807, 2.05) is 9.80 Å². The molecule has 8 bridgehead atoms. The third-order valence-corrected chi connectivity index (χ3v) is 12.3. The third kappa shape index (κ3) is 5.66. The molecule has 10 rings (SSSR count). The molecule has 6 heterocycles. The maximum Gasteiger partial charge on any atom is 0.228 e. The summed E-state index contributed by atoms with van der Waals surface area (Å²) in [5.41, 5.74) is 1.48. The molecular formula is C34H52N8O4. The Hall–Kier alpha value is -2.54. The van der Waals surface area contributed by atoms with Crippen LogP contribution in [0.2, 0.25) is 0 Å². The van der Waals surface area contributed by atoms with Crippen molar-refractivity contribution in [3.05, 3.63) is 0 Å². The Morgan fingerprint density at radius 3 is 1.11 bits per heavy atom. The molecule has 0 amide bonds. The fourth-order valence-electron chi connectivity index (χ4n) is 10.8. The Morgan fingerprint density at radius 2 is 0.783 bits per heavy atom. The van der Waals surface area contributed by atoms with Gasteiger partial charge in [-0.3, -0.25) is 0 Å². The Balaban J connectivity index is 1.34. The zero-order valence-electron chi connectivity index (χ0n) is 27.1. The van der Waals surface area contributed by atoms with Gasteiger partial charge < -0.3 is 40.0 Å². The van der Waals surface area contributed by atoms with Crippen molar-refractivity contribution in [3.63, 3.8) is 0 Å². The number of hydrogen-bond acceptors (Lipinski definition) is 12. The molecule has 8 aliphatic rings. The predicted molar refractivity (Wildman–Crippen MR) is 177 cm³/mol.